The van der Waals surface area contributed by atoms with Gasteiger partial charge >= 0.3 is 6.03 Å². The molecule has 0 N–H and O–H groups in total. The average molecular weight is 264 g/mol. The van der Waals surface area contributed by atoms with Crippen LogP contribution < -0.4 is 0 Å². The molecular weight excluding hydrogens is 248 g/mol. The van der Waals surface area contributed by atoms with Gasteiger partial charge in [-0.15, -0.1) is 0 Å². The maximum absolute atomic E-state index is 12.2. The van der Waals surface area contributed by atoms with Gasteiger partial charge in [0, 0.05) is 13.0 Å². The summed E-state index contributed by atoms with van der Waals surface area (Å²) < 4.78 is 4.99. The van der Waals surface area contributed by atoms with Crippen LogP contribution in [-0.4, -0.2) is 44.5 Å². The van der Waals surface area contributed by atoms with Gasteiger partial charge in [0.05, 0.1) is 6.54 Å². The van der Waals surface area contributed by atoms with E-state index in [0.717, 1.165) is 19.3 Å². The maximum atomic E-state index is 12.2. The lowest BCUT2D eigenvalue weighted by atomic mass is 10.0. The highest BCUT2D eigenvalue weighted by Crippen LogP contribution is 2.27. The SMILES string of the molecule is CCc1nc(CN2C(=O)[C@@H]3CCCCN3C2=O)no1. The van der Waals surface area contributed by atoms with E-state index >= 15 is 0 Å². The first kappa shape index (κ1) is 12.1. The first-order valence-corrected chi connectivity index (χ1v) is 6.64. The molecule has 1 aromatic heterocycles. The lowest BCUT2D eigenvalue weighted by molar-refractivity contribution is -0.129. The molecule has 2 aliphatic rings. The normalized spacial score (nSPS) is 23.1. The number of carbonyl (C=O) groups excluding carboxylic acids is 2. The molecule has 0 spiro atoms. The number of hydrogen-bond acceptors (Lipinski definition) is 5. The summed E-state index contributed by atoms with van der Waals surface area (Å²) in [6, 6.07) is -0.503. The molecule has 102 valence electrons. The third-order valence-electron chi connectivity index (χ3n) is 3.64. The number of aromatic nitrogens is 2. The van der Waals surface area contributed by atoms with E-state index in [4.69, 9.17) is 4.52 Å². The molecule has 3 rings (SSSR count). The van der Waals surface area contributed by atoms with Crippen LogP contribution in [0.2, 0.25) is 0 Å². The summed E-state index contributed by atoms with van der Waals surface area (Å²) in [5, 5.41) is 3.79. The second-order valence-corrected chi connectivity index (χ2v) is 4.87. The molecule has 0 unspecified atom stereocenters. The highest BCUT2D eigenvalue weighted by molar-refractivity contribution is 6.04. The molecule has 0 bridgehead atoms. The first-order chi connectivity index (χ1) is 9.20. The zero-order valence-corrected chi connectivity index (χ0v) is 10.8. The lowest BCUT2D eigenvalue weighted by Gasteiger charge is -2.25. The maximum Gasteiger partial charge on any atom is 0.327 e. The van der Waals surface area contributed by atoms with Gasteiger partial charge in [-0.25, -0.2) is 4.79 Å². The fraction of sp³-hybridized carbons (Fsp3) is 0.667. The number of nitrogens with zero attached hydrogens (tertiary/aromatic N) is 4. The molecule has 0 aromatic carbocycles. The van der Waals surface area contributed by atoms with Crippen molar-refractivity contribution in [1.29, 1.82) is 0 Å². The minimum Gasteiger partial charge on any atom is -0.339 e. The molecule has 1 atom stereocenters. The molecule has 7 heteroatoms. The number of urea groups is 1. The van der Waals surface area contributed by atoms with E-state index in [9.17, 15) is 9.59 Å². The Balaban J connectivity index is 1.77. The Kier molecular flexibility index (Phi) is 2.96. The lowest BCUT2D eigenvalue weighted by Crippen LogP contribution is -2.38. The second kappa shape index (κ2) is 4.64. The Bertz CT molecular complexity index is 489. The van der Waals surface area contributed by atoms with Gasteiger partial charge in [-0.3, -0.25) is 9.69 Å². The average Bonchev–Trinajstić information content (AvgIpc) is 2.99. The summed E-state index contributed by atoms with van der Waals surface area (Å²) in [6.07, 6.45) is 3.36. The van der Waals surface area contributed by atoms with Crippen LogP contribution in [0.5, 0.6) is 0 Å². The number of aryl methyl sites for hydroxylation is 1. The summed E-state index contributed by atoms with van der Waals surface area (Å²) in [4.78, 5) is 31.4. The molecule has 1 aromatic rings. The quantitative estimate of drug-likeness (QED) is 0.759. The number of amides is 3. The number of rotatable bonds is 3. The van der Waals surface area contributed by atoms with Crippen molar-refractivity contribution < 1.29 is 14.1 Å². The fourth-order valence-corrected chi connectivity index (χ4v) is 2.63. The van der Waals surface area contributed by atoms with Crippen LogP contribution in [0.1, 0.15) is 37.9 Å². The highest BCUT2D eigenvalue weighted by atomic mass is 16.5. The van der Waals surface area contributed by atoms with E-state index in [1.54, 1.807) is 4.90 Å². The van der Waals surface area contributed by atoms with Crippen molar-refractivity contribution in [3.8, 4) is 0 Å². The van der Waals surface area contributed by atoms with Gasteiger partial charge in [-0.2, -0.15) is 4.98 Å². The Morgan fingerprint density at radius 1 is 1.37 bits per heavy atom. The molecular formula is C12H16N4O3. The van der Waals surface area contributed by atoms with Gasteiger partial charge in [0.2, 0.25) is 5.89 Å². The molecule has 2 saturated heterocycles. The topological polar surface area (TPSA) is 79.5 Å². The van der Waals surface area contributed by atoms with Gasteiger partial charge in [0.25, 0.3) is 5.91 Å². The van der Waals surface area contributed by atoms with Crippen molar-refractivity contribution >= 4 is 11.9 Å². The van der Waals surface area contributed by atoms with Crippen LogP contribution in [-0.2, 0) is 17.8 Å². The van der Waals surface area contributed by atoms with Crippen LogP contribution in [0.25, 0.3) is 0 Å². The summed E-state index contributed by atoms with van der Waals surface area (Å²) in [5.74, 6) is 0.776. The van der Waals surface area contributed by atoms with E-state index in [0.29, 0.717) is 24.7 Å². The van der Waals surface area contributed by atoms with E-state index in [1.807, 2.05) is 6.92 Å². The summed E-state index contributed by atoms with van der Waals surface area (Å²) >= 11 is 0. The van der Waals surface area contributed by atoms with Crippen molar-refractivity contribution in [3.63, 3.8) is 0 Å². The number of piperidine rings is 1. The molecule has 2 fully saturated rings. The van der Waals surface area contributed by atoms with Crippen LogP contribution in [0.4, 0.5) is 4.79 Å². The van der Waals surface area contributed by atoms with Crippen LogP contribution in [0, 0.1) is 0 Å². The van der Waals surface area contributed by atoms with Crippen molar-refractivity contribution in [2.75, 3.05) is 6.54 Å². The van der Waals surface area contributed by atoms with Gasteiger partial charge in [-0.1, -0.05) is 12.1 Å². The molecule has 2 aliphatic heterocycles. The first-order valence-electron chi connectivity index (χ1n) is 6.64. The molecule has 19 heavy (non-hydrogen) atoms. The van der Waals surface area contributed by atoms with Crippen molar-refractivity contribution in [1.82, 2.24) is 19.9 Å². The van der Waals surface area contributed by atoms with E-state index in [2.05, 4.69) is 10.1 Å². The number of fused-ring (bicyclic) bond motifs is 1. The predicted octanol–water partition coefficient (Wildman–Crippen LogP) is 0.949. The van der Waals surface area contributed by atoms with Gasteiger partial charge in [0.15, 0.2) is 5.82 Å². The standard InChI is InChI=1S/C12H16N4O3/c1-2-10-13-9(14-19-10)7-16-11(17)8-5-3-4-6-15(8)12(16)18/h8H,2-7H2,1H3/t8-/m0/s1. The van der Waals surface area contributed by atoms with Crippen LogP contribution in [0.3, 0.4) is 0 Å². The summed E-state index contributed by atoms with van der Waals surface area (Å²) in [5.41, 5.74) is 0. The van der Waals surface area contributed by atoms with E-state index < -0.39 is 0 Å². The third-order valence-corrected chi connectivity index (χ3v) is 3.64. The minimum atomic E-state index is -0.279. The number of hydrogen-bond donors (Lipinski definition) is 0. The van der Waals surface area contributed by atoms with E-state index in [1.165, 1.54) is 4.90 Å². The molecule has 3 amide bonds. The van der Waals surface area contributed by atoms with Crippen molar-refractivity contribution in [3.05, 3.63) is 11.7 Å². The van der Waals surface area contributed by atoms with Crippen molar-refractivity contribution in [2.45, 2.75) is 45.2 Å². The molecule has 0 saturated carbocycles. The van der Waals surface area contributed by atoms with E-state index in [-0.39, 0.29) is 24.5 Å². The fourth-order valence-electron chi connectivity index (χ4n) is 2.63. The smallest absolute Gasteiger partial charge is 0.327 e. The van der Waals surface area contributed by atoms with Crippen LogP contribution in [0.15, 0.2) is 4.52 Å². The Morgan fingerprint density at radius 3 is 2.89 bits per heavy atom. The van der Waals surface area contributed by atoms with Crippen LogP contribution >= 0.6 is 0 Å². The minimum absolute atomic E-state index is 0.105. The van der Waals surface area contributed by atoms with Crippen molar-refractivity contribution in [2.24, 2.45) is 0 Å². The molecule has 0 aliphatic carbocycles. The second-order valence-electron chi connectivity index (χ2n) is 4.87. The molecule has 0 radical (unpaired) electrons. The Hall–Kier alpha value is -1.92. The molecule has 3 heterocycles. The van der Waals surface area contributed by atoms with Gasteiger partial charge < -0.3 is 9.42 Å². The Labute approximate surface area is 110 Å². The number of imide groups is 1. The van der Waals surface area contributed by atoms with Gasteiger partial charge in [-0.05, 0) is 19.3 Å². The van der Waals surface area contributed by atoms with Gasteiger partial charge in [0.1, 0.15) is 6.04 Å². The predicted molar refractivity (Wildman–Crippen MR) is 64.0 cm³/mol. The zero-order chi connectivity index (χ0) is 13.4. The molecule has 7 nitrogen and oxygen atoms in total. The zero-order valence-electron chi connectivity index (χ0n) is 10.8. The largest absolute Gasteiger partial charge is 0.339 e. The Morgan fingerprint density at radius 2 is 2.21 bits per heavy atom. The number of carbonyl (C=O) groups is 2. The summed E-state index contributed by atoms with van der Waals surface area (Å²) in [7, 11) is 0. The third kappa shape index (κ3) is 1.98. The monoisotopic (exact) mass is 264 g/mol. The highest BCUT2D eigenvalue weighted by Gasteiger charge is 2.46. The summed E-state index contributed by atoms with van der Waals surface area (Å²) in [6.45, 7) is 2.68.